The lowest BCUT2D eigenvalue weighted by atomic mass is 10.1. The lowest BCUT2D eigenvalue weighted by molar-refractivity contribution is -0.385. The van der Waals surface area contributed by atoms with E-state index in [1.165, 1.54) is 24.3 Å². The number of amides is 2. The molecule has 2 aromatic carbocycles. The number of hydrogen-bond donors (Lipinski definition) is 2. The molecule has 0 aliphatic rings. The molecule has 7 nitrogen and oxygen atoms in total. The molecule has 0 spiro atoms. The molecular formula is C14H9Cl2N3O4. The first-order chi connectivity index (χ1) is 10.9. The van der Waals surface area contributed by atoms with Crippen LogP contribution in [0.15, 0.2) is 42.5 Å². The number of hydrazine groups is 1. The molecule has 0 atom stereocenters. The molecule has 9 heteroatoms. The summed E-state index contributed by atoms with van der Waals surface area (Å²) in [6.07, 6.45) is 0. The van der Waals surface area contributed by atoms with Crippen LogP contribution in [0, 0.1) is 10.1 Å². The largest absolute Gasteiger partial charge is 0.283 e. The van der Waals surface area contributed by atoms with E-state index in [1.807, 2.05) is 0 Å². The second-order valence-corrected chi connectivity index (χ2v) is 5.15. The van der Waals surface area contributed by atoms with Crippen molar-refractivity contribution in [2.75, 3.05) is 0 Å². The summed E-state index contributed by atoms with van der Waals surface area (Å²) in [6.45, 7) is 0. The zero-order valence-corrected chi connectivity index (χ0v) is 12.9. The zero-order chi connectivity index (χ0) is 17.0. The summed E-state index contributed by atoms with van der Waals surface area (Å²) in [7, 11) is 0. The van der Waals surface area contributed by atoms with E-state index in [0.29, 0.717) is 0 Å². The van der Waals surface area contributed by atoms with E-state index in [9.17, 15) is 19.7 Å². The second-order valence-electron chi connectivity index (χ2n) is 4.31. The first-order valence-electron chi connectivity index (χ1n) is 6.19. The highest BCUT2D eigenvalue weighted by molar-refractivity contribution is 6.33. The van der Waals surface area contributed by atoms with Gasteiger partial charge in [-0.2, -0.15) is 0 Å². The van der Waals surface area contributed by atoms with Gasteiger partial charge in [0.1, 0.15) is 5.56 Å². The number of carbonyl (C=O) groups excluding carboxylic acids is 2. The minimum Gasteiger partial charge on any atom is -0.267 e. The molecule has 0 saturated carbocycles. The predicted octanol–water partition coefficient (Wildman–Crippen LogP) is 2.98. The molecule has 0 radical (unpaired) electrons. The third-order valence-electron chi connectivity index (χ3n) is 2.81. The van der Waals surface area contributed by atoms with Crippen molar-refractivity contribution >= 4 is 40.7 Å². The van der Waals surface area contributed by atoms with Crippen LogP contribution in [0.25, 0.3) is 0 Å². The lowest BCUT2D eigenvalue weighted by Gasteiger charge is -2.08. The molecule has 2 amide bonds. The standard InChI is InChI=1S/C14H9Cl2N3O4/c15-8-5-6-10(12(7-8)19(22)23)14(21)18-17-13(20)9-3-1-2-4-11(9)16/h1-7H,(H,17,20)(H,18,21). The Morgan fingerprint density at radius 2 is 1.57 bits per heavy atom. The molecule has 2 aromatic rings. The Kier molecular flexibility index (Phi) is 5.15. The number of nitrogens with one attached hydrogen (secondary N) is 2. The third kappa shape index (κ3) is 3.97. The molecule has 0 aromatic heterocycles. The number of hydrogen-bond acceptors (Lipinski definition) is 4. The van der Waals surface area contributed by atoms with Crippen molar-refractivity contribution in [1.82, 2.24) is 10.9 Å². The molecule has 0 heterocycles. The summed E-state index contributed by atoms with van der Waals surface area (Å²) in [5, 5.41) is 11.3. The van der Waals surface area contributed by atoms with E-state index >= 15 is 0 Å². The van der Waals surface area contributed by atoms with Gasteiger partial charge in [0.15, 0.2) is 0 Å². The number of nitrogens with zero attached hydrogens (tertiary/aromatic N) is 1. The van der Waals surface area contributed by atoms with E-state index in [2.05, 4.69) is 10.9 Å². The normalized spacial score (nSPS) is 10.0. The third-order valence-corrected chi connectivity index (χ3v) is 3.37. The van der Waals surface area contributed by atoms with Crippen molar-refractivity contribution in [2.24, 2.45) is 0 Å². The Morgan fingerprint density at radius 3 is 2.17 bits per heavy atom. The van der Waals surface area contributed by atoms with Gasteiger partial charge in [0.2, 0.25) is 0 Å². The maximum absolute atomic E-state index is 12.0. The van der Waals surface area contributed by atoms with E-state index in [4.69, 9.17) is 23.2 Å². The number of nitro benzene ring substituents is 1. The average Bonchev–Trinajstić information content (AvgIpc) is 2.52. The van der Waals surface area contributed by atoms with Crippen molar-refractivity contribution in [3.05, 3.63) is 73.8 Å². The van der Waals surface area contributed by atoms with Crippen LogP contribution < -0.4 is 10.9 Å². The average molecular weight is 354 g/mol. The summed E-state index contributed by atoms with van der Waals surface area (Å²) in [4.78, 5) is 34.1. The fraction of sp³-hybridized carbons (Fsp3) is 0. The summed E-state index contributed by atoms with van der Waals surface area (Å²) in [5.74, 6) is -1.51. The van der Waals surface area contributed by atoms with Gasteiger partial charge >= 0.3 is 0 Å². The molecule has 0 unspecified atom stereocenters. The van der Waals surface area contributed by atoms with Crippen LogP contribution in [0.3, 0.4) is 0 Å². The van der Waals surface area contributed by atoms with Crippen molar-refractivity contribution in [3.8, 4) is 0 Å². The van der Waals surface area contributed by atoms with Gasteiger partial charge in [-0.1, -0.05) is 35.3 Å². The monoisotopic (exact) mass is 353 g/mol. The minimum atomic E-state index is -0.853. The van der Waals surface area contributed by atoms with E-state index in [0.717, 1.165) is 6.07 Å². The highest BCUT2D eigenvalue weighted by Crippen LogP contribution is 2.23. The van der Waals surface area contributed by atoms with Crippen LogP contribution in [0.4, 0.5) is 5.69 Å². The molecule has 0 aliphatic carbocycles. The Hall–Kier alpha value is -2.64. The summed E-state index contributed by atoms with van der Waals surface area (Å²) >= 11 is 11.5. The summed E-state index contributed by atoms with van der Waals surface area (Å²) < 4.78 is 0. The van der Waals surface area contributed by atoms with Gasteiger partial charge in [-0.05, 0) is 24.3 Å². The van der Waals surface area contributed by atoms with E-state index < -0.39 is 22.4 Å². The predicted molar refractivity (Wildman–Crippen MR) is 84.5 cm³/mol. The van der Waals surface area contributed by atoms with Crippen molar-refractivity contribution in [1.29, 1.82) is 0 Å². The number of nitro groups is 1. The van der Waals surface area contributed by atoms with Crippen molar-refractivity contribution < 1.29 is 14.5 Å². The zero-order valence-electron chi connectivity index (χ0n) is 11.4. The molecule has 118 valence electrons. The fourth-order valence-electron chi connectivity index (χ4n) is 1.74. The van der Waals surface area contributed by atoms with Crippen molar-refractivity contribution in [3.63, 3.8) is 0 Å². The van der Waals surface area contributed by atoms with Crippen LogP contribution >= 0.6 is 23.2 Å². The maximum Gasteiger partial charge on any atom is 0.283 e. The first kappa shape index (κ1) is 16.7. The van der Waals surface area contributed by atoms with Crippen LogP contribution in [0.1, 0.15) is 20.7 Å². The number of benzene rings is 2. The number of halogens is 2. The Balaban J connectivity index is 2.13. The molecule has 2 N–H and O–H groups in total. The van der Waals surface area contributed by atoms with Gasteiger partial charge in [-0.25, -0.2) is 0 Å². The summed E-state index contributed by atoms with van der Waals surface area (Å²) in [6, 6.07) is 9.81. The highest BCUT2D eigenvalue weighted by atomic mass is 35.5. The van der Waals surface area contributed by atoms with Gasteiger partial charge in [0.25, 0.3) is 17.5 Å². The van der Waals surface area contributed by atoms with E-state index in [-0.39, 0.29) is 21.2 Å². The topological polar surface area (TPSA) is 101 Å². The Morgan fingerprint density at radius 1 is 0.957 bits per heavy atom. The molecule has 23 heavy (non-hydrogen) atoms. The molecule has 0 fully saturated rings. The number of rotatable bonds is 3. The lowest BCUT2D eigenvalue weighted by Crippen LogP contribution is -2.41. The maximum atomic E-state index is 12.0. The van der Waals surface area contributed by atoms with Crippen molar-refractivity contribution in [2.45, 2.75) is 0 Å². The Bertz CT molecular complexity index is 795. The quantitative estimate of drug-likeness (QED) is 0.654. The Labute approximate surface area is 140 Å². The van der Waals surface area contributed by atoms with E-state index in [1.54, 1.807) is 12.1 Å². The first-order valence-corrected chi connectivity index (χ1v) is 6.95. The molecule has 0 bridgehead atoms. The van der Waals surface area contributed by atoms with Gasteiger partial charge in [-0.3, -0.25) is 30.6 Å². The number of carbonyl (C=O) groups is 2. The van der Waals surface area contributed by atoms with Crippen LogP contribution in [-0.2, 0) is 0 Å². The van der Waals surface area contributed by atoms with Gasteiger partial charge in [0.05, 0.1) is 15.5 Å². The van der Waals surface area contributed by atoms with Crippen LogP contribution in [-0.4, -0.2) is 16.7 Å². The van der Waals surface area contributed by atoms with Gasteiger partial charge in [-0.15, -0.1) is 0 Å². The fourth-order valence-corrected chi connectivity index (χ4v) is 2.13. The second kappa shape index (κ2) is 7.08. The van der Waals surface area contributed by atoms with Gasteiger partial charge < -0.3 is 0 Å². The molecule has 0 saturated heterocycles. The van der Waals surface area contributed by atoms with Gasteiger partial charge in [0, 0.05) is 11.1 Å². The molecule has 2 rings (SSSR count). The van der Waals surface area contributed by atoms with Crippen LogP contribution in [0.2, 0.25) is 10.0 Å². The summed E-state index contributed by atoms with van der Waals surface area (Å²) in [5.41, 5.74) is 3.68. The SMILES string of the molecule is O=C(NNC(=O)c1ccc(Cl)cc1[N+](=O)[O-])c1ccccc1Cl. The smallest absolute Gasteiger partial charge is 0.267 e. The molecular weight excluding hydrogens is 345 g/mol. The van der Waals surface area contributed by atoms with Crippen LogP contribution in [0.5, 0.6) is 0 Å². The minimum absolute atomic E-state index is 0.119. The molecule has 0 aliphatic heterocycles. The highest BCUT2D eigenvalue weighted by Gasteiger charge is 2.21.